The van der Waals surface area contributed by atoms with Crippen LogP contribution in [0.15, 0.2) is 107 Å². The Labute approximate surface area is 275 Å². The van der Waals surface area contributed by atoms with Crippen molar-refractivity contribution >= 4 is 42.9 Å². The lowest BCUT2D eigenvalue weighted by molar-refractivity contribution is -0.274. The Morgan fingerprint density at radius 1 is 0.830 bits per heavy atom. The van der Waals surface area contributed by atoms with Crippen molar-refractivity contribution in [1.29, 1.82) is 4.78 Å². The molecule has 0 radical (unpaired) electrons. The lowest BCUT2D eigenvalue weighted by atomic mass is 9.96. The predicted molar refractivity (Wildman–Crippen MR) is 172 cm³/mol. The number of piperidine rings is 1. The zero-order valence-corrected chi connectivity index (χ0v) is 27.0. The Morgan fingerprint density at radius 2 is 1.43 bits per heavy atom. The zero-order chi connectivity index (χ0) is 33.6. The molecule has 6 rings (SSSR count). The second-order valence-corrected chi connectivity index (χ2v) is 15.5. The van der Waals surface area contributed by atoms with Crippen LogP contribution in [0.2, 0.25) is 5.02 Å². The number of nitrogens with zero attached hydrogens (tertiary/aromatic N) is 2. The maximum absolute atomic E-state index is 14.1. The van der Waals surface area contributed by atoms with Crippen molar-refractivity contribution in [2.75, 3.05) is 18.0 Å². The van der Waals surface area contributed by atoms with Crippen molar-refractivity contribution in [3.05, 3.63) is 113 Å². The second-order valence-electron chi connectivity index (χ2n) is 11.3. The third kappa shape index (κ3) is 6.98. The molecular formula is C32H30ClF3N4O5S2. The maximum atomic E-state index is 14.1. The lowest BCUT2D eigenvalue weighted by Crippen LogP contribution is -2.65. The molecule has 3 N–H and O–H groups in total. The molecule has 4 atom stereocenters. The number of halogens is 4. The molecule has 2 aliphatic heterocycles. The van der Waals surface area contributed by atoms with Crippen LogP contribution in [0.3, 0.4) is 0 Å². The van der Waals surface area contributed by atoms with Crippen LogP contribution in [0.4, 0.5) is 24.5 Å². The molecule has 1 saturated heterocycles. The van der Waals surface area contributed by atoms with Crippen LogP contribution in [0, 0.1) is 4.78 Å². The number of aliphatic hydroxyl groups excluding tert-OH is 1. The Hall–Kier alpha value is -3.66. The van der Waals surface area contributed by atoms with Crippen molar-refractivity contribution in [2.45, 2.75) is 47.2 Å². The van der Waals surface area contributed by atoms with Gasteiger partial charge in [-0.05, 0) is 78.6 Å². The number of ether oxygens (including phenoxy) is 1. The highest BCUT2D eigenvalue weighted by Gasteiger charge is 2.46. The van der Waals surface area contributed by atoms with Gasteiger partial charge in [-0.3, -0.25) is 0 Å². The molecule has 0 aromatic heterocycles. The van der Waals surface area contributed by atoms with E-state index in [1.54, 1.807) is 6.07 Å². The molecule has 248 valence electrons. The number of anilines is 2. The average Bonchev–Trinajstić information content (AvgIpc) is 3.18. The summed E-state index contributed by atoms with van der Waals surface area (Å²) in [5.41, 5.74) is 3.52. The molecular weight excluding hydrogens is 677 g/mol. The van der Waals surface area contributed by atoms with Gasteiger partial charge < -0.3 is 14.7 Å². The SMILES string of the molecule is N=S(=O)(NC1CN(S(=O)(=O)c2cccc(Cl)c2)CC(N2c3ccccc3CCc3ccccc32)C1O)c1ccc(OC(F)(F)F)cc1. The van der Waals surface area contributed by atoms with Gasteiger partial charge >= 0.3 is 6.36 Å². The minimum Gasteiger partial charge on any atom is -0.406 e. The van der Waals surface area contributed by atoms with Crippen LogP contribution < -0.4 is 14.4 Å². The summed E-state index contributed by atoms with van der Waals surface area (Å²) in [5, 5.41) is 12.2. The molecule has 2 heterocycles. The number of sulfonamides is 1. The quantitative estimate of drug-likeness (QED) is 0.220. The minimum atomic E-state index is -4.94. The van der Waals surface area contributed by atoms with Crippen LogP contribution in [0.25, 0.3) is 0 Å². The number of aliphatic hydroxyl groups is 1. The van der Waals surface area contributed by atoms with E-state index in [0.717, 1.165) is 46.8 Å². The number of para-hydroxylation sites is 2. The first-order chi connectivity index (χ1) is 22.2. The van der Waals surface area contributed by atoms with E-state index in [1.807, 2.05) is 53.4 Å². The summed E-state index contributed by atoms with van der Waals surface area (Å²) in [4.78, 5) is 1.64. The number of rotatable bonds is 7. The van der Waals surface area contributed by atoms with Crippen LogP contribution in [0.1, 0.15) is 11.1 Å². The Morgan fingerprint density at radius 3 is 2.00 bits per heavy atom. The van der Waals surface area contributed by atoms with Crippen LogP contribution >= 0.6 is 11.6 Å². The number of fused-ring (bicyclic) bond motifs is 2. The van der Waals surface area contributed by atoms with Crippen molar-refractivity contribution in [3.63, 3.8) is 0 Å². The van der Waals surface area contributed by atoms with Gasteiger partial charge in [-0.15, -0.1) is 13.2 Å². The van der Waals surface area contributed by atoms with E-state index in [2.05, 4.69) is 9.46 Å². The van der Waals surface area contributed by atoms with Gasteiger partial charge in [0.05, 0.1) is 28.0 Å². The van der Waals surface area contributed by atoms with E-state index >= 15 is 0 Å². The zero-order valence-electron chi connectivity index (χ0n) is 24.6. The second kappa shape index (κ2) is 12.7. The predicted octanol–water partition coefficient (Wildman–Crippen LogP) is 5.89. The third-order valence-corrected chi connectivity index (χ3v) is 11.9. The van der Waals surface area contributed by atoms with Crippen LogP contribution in [0.5, 0.6) is 5.75 Å². The Balaban J connectivity index is 1.42. The fourth-order valence-corrected chi connectivity index (χ4v) is 9.17. The van der Waals surface area contributed by atoms with Gasteiger partial charge in [-0.25, -0.2) is 22.1 Å². The molecule has 0 amide bonds. The van der Waals surface area contributed by atoms with Gasteiger partial charge in [0, 0.05) is 29.5 Å². The number of hydrogen-bond acceptors (Lipinski definition) is 7. The average molecular weight is 707 g/mol. The first-order valence-electron chi connectivity index (χ1n) is 14.5. The summed E-state index contributed by atoms with van der Waals surface area (Å²) in [5.74, 6) is -0.563. The van der Waals surface area contributed by atoms with E-state index in [9.17, 15) is 30.9 Å². The number of aryl methyl sites for hydroxylation is 2. The van der Waals surface area contributed by atoms with Gasteiger partial charge in [-0.2, -0.15) is 4.31 Å². The van der Waals surface area contributed by atoms with E-state index in [4.69, 9.17) is 16.4 Å². The molecule has 0 bridgehead atoms. The van der Waals surface area contributed by atoms with Gasteiger partial charge in [0.15, 0.2) is 0 Å². The summed E-state index contributed by atoms with van der Waals surface area (Å²) in [6, 6.07) is 22.8. The molecule has 4 aromatic rings. The van der Waals surface area contributed by atoms with E-state index in [-0.39, 0.29) is 27.9 Å². The fraction of sp³-hybridized carbons (Fsp3) is 0.250. The first-order valence-corrected chi connectivity index (χ1v) is 17.9. The van der Waals surface area contributed by atoms with E-state index in [1.165, 1.54) is 22.5 Å². The van der Waals surface area contributed by atoms with Crippen molar-refractivity contribution in [1.82, 2.24) is 9.03 Å². The largest absolute Gasteiger partial charge is 0.573 e. The molecule has 9 nitrogen and oxygen atoms in total. The third-order valence-electron chi connectivity index (χ3n) is 8.24. The standard InChI is InChI=1S/C32H30ClF3N4O5S2/c33-23-8-5-9-26(18-23)47(43,44)39-19-27(38-46(37,42)25-16-14-24(15-17-25)45-32(34,35)36)31(41)30(20-39)40-28-10-3-1-6-21(28)12-13-22-7-2-4-11-29(22)40/h1-11,14-18,27,30-31,41H,12-13,19-20H2,(H2,37,38,42). The number of nitrogens with one attached hydrogen (secondary N) is 2. The molecule has 0 spiro atoms. The van der Waals surface area contributed by atoms with Gasteiger partial charge in [0.25, 0.3) is 0 Å². The van der Waals surface area contributed by atoms with Crippen molar-refractivity contribution in [2.24, 2.45) is 0 Å². The first kappa shape index (κ1) is 33.2. The van der Waals surface area contributed by atoms with Gasteiger partial charge in [-0.1, -0.05) is 54.1 Å². The molecule has 2 aliphatic rings. The normalized spacial score (nSPS) is 21.6. The van der Waals surface area contributed by atoms with E-state index in [0.29, 0.717) is 12.8 Å². The van der Waals surface area contributed by atoms with Crippen LogP contribution in [-0.2, 0) is 32.8 Å². The highest BCUT2D eigenvalue weighted by Crippen LogP contribution is 2.40. The summed E-state index contributed by atoms with van der Waals surface area (Å²) in [6.07, 6.45) is -4.90. The molecule has 15 heteroatoms. The highest BCUT2D eigenvalue weighted by atomic mass is 35.5. The Kier molecular flexibility index (Phi) is 9.02. The molecule has 4 unspecified atom stereocenters. The monoisotopic (exact) mass is 706 g/mol. The van der Waals surface area contributed by atoms with Gasteiger partial charge in [0.1, 0.15) is 15.7 Å². The molecule has 1 fully saturated rings. The molecule has 0 saturated carbocycles. The van der Waals surface area contributed by atoms with Gasteiger partial charge in [0.2, 0.25) is 10.0 Å². The summed E-state index contributed by atoms with van der Waals surface area (Å²) >= 11 is 6.15. The van der Waals surface area contributed by atoms with Crippen LogP contribution in [-0.4, -0.2) is 59.7 Å². The summed E-state index contributed by atoms with van der Waals surface area (Å²) in [6.45, 7) is -0.533. The maximum Gasteiger partial charge on any atom is 0.573 e. The molecule has 47 heavy (non-hydrogen) atoms. The summed E-state index contributed by atoms with van der Waals surface area (Å²) < 4.78 is 96.4. The lowest BCUT2D eigenvalue weighted by Gasteiger charge is -2.46. The number of alkyl halides is 3. The molecule has 0 aliphatic carbocycles. The number of hydrogen-bond donors (Lipinski definition) is 3. The fourth-order valence-electron chi connectivity index (χ4n) is 6.09. The van der Waals surface area contributed by atoms with E-state index < -0.39 is 50.2 Å². The topological polar surface area (TPSA) is 123 Å². The highest BCUT2D eigenvalue weighted by molar-refractivity contribution is 7.90. The molecule has 4 aromatic carbocycles. The van der Waals surface area contributed by atoms with Crippen molar-refractivity contribution in [3.8, 4) is 5.75 Å². The summed E-state index contributed by atoms with van der Waals surface area (Å²) in [7, 11) is -8.21. The van der Waals surface area contributed by atoms with Crippen molar-refractivity contribution < 1.29 is 35.6 Å². The minimum absolute atomic E-state index is 0.0811. The number of benzene rings is 4. The smallest absolute Gasteiger partial charge is 0.406 e. The Bertz CT molecular complexity index is 1950.